The summed E-state index contributed by atoms with van der Waals surface area (Å²) >= 11 is 1.81. The number of nitrogens with zero attached hydrogens (tertiary/aromatic N) is 2. The third-order valence-electron chi connectivity index (χ3n) is 17.7. The Morgan fingerprint density at radius 3 is 0.820 bits per heavy atom. The maximum atomic E-state index is 8.84. The number of rotatable bonds is 16. The van der Waals surface area contributed by atoms with Gasteiger partial charge in [0, 0.05) is 74.1 Å². The van der Waals surface area contributed by atoms with E-state index in [1.165, 1.54) is 0 Å². The Kier molecular flexibility index (Phi) is 19.8. The lowest BCUT2D eigenvalue weighted by atomic mass is 10.3. The molecule has 514 valence electrons. The highest BCUT2D eigenvalue weighted by Crippen LogP contribution is 2.45. The molecule has 4 heterocycles. The SMILES string of the molecule is CO[Si]1(c2ccccc2)O[Si]2(c3ccccc3)O[Si](C)(c3cccc(N(C)C)c3)O[Si]3(c4ccccc4)O[Si](C)(c4ccccc4)O[Si]4(c5ccccc5)O[Si](C)(c5cccc(N(SC(C)C)[Si](C)(C)C)c5)O[Si](c5ccccc5)(O1)O[Si](c1ccccc1)(O2)O[Si](c1ccccc1)(O3)O4. The summed E-state index contributed by atoms with van der Waals surface area (Å²) < 4.78 is 123. The van der Waals surface area contributed by atoms with Crippen LogP contribution in [0.3, 0.4) is 0 Å². The first-order valence-electron chi connectivity index (χ1n) is 33.5. The van der Waals surface area contributed by atoms with Crippen LogP contribution in [0.25, 0.3) is 0 Å². The summed E-state index contributed by atoms with van der Waals surface area (Å²) in [6, 6.07) is 95.7. The Morgan fingerprint density at radius 1 is 0.300 bits per heavy atom. The Balaban J connectivity index is 1.24. The molecule has 0 aliphatic carbocycles. The average molecular weight is 1540 g/mol. The van der Waals surface area contributed by atoms with E-state index in [1.807, 2.05) is 294 Å². The van der Waals surface area contributed by atoms with Gasteiger partial charge in [-0.05, 0) is 59.5 Å². The van der Waals surface area contributed by atoms with Gasteiger partial charge in [-0.15, -0.1) is 0 Å². The van der Waals surface area contributed by atoms with Crippen LogP contribution in [0.5, 0.6) is 0 Å². The van der Waals surface area contributed by atoms with Crippen molar-refractivity contribution >= 4 is 171 Å². The topological polar surface area (TPSA) is 136 Å². The molecule has 0 radical (unpaired) electrons. The zero-order valence-electron chi connectivity index (χ0n) is 57.8. The maximum absolute atomic E-state index is 8.84. The van der Waals surface area contributed by atoms with Gasteiger partial charge in [-0.3, -0.25) is 0 Å². The predicted molar refractivity (Wildman–Crippen MR) is 420 cm³/mol. The van der Waals surface area contributed by atoms with E-state index in [1.54, 1.807) is 7.11 Å². The summed E-state index contributed by atoms with van der Waals surface area (Å²) in [4.78, 5) is 2.05. The van der Waals surface area contributed by atoms with Crippen molar-refractivity contribution in [3.05, 3.63) is 291 Å². The highest BCUT2D eigenvalue weighted by Gasteiger charge is 2.80. The van der Waals surface area contributed by atoms with Crippen molar-refractivity contribution in [2.75, 3.05) is 30.1 Å². The Hall–Kier alpha value is -6.02. The smallest absolute Gasteiger partial charge is 0.387 e. The lowest BCUT2D eigenvalue weighted by Crippen LogP contribution is -2.91. The number of hydrogen-bond donors (Lipinski definition) is 0. The third kappa shape index (κ3) is 13.6. The third-order valence-corrected chi connectivity index (χ3v) is 64.8. The van der Waals surface area contributed by atoms with Crippen LogP contribution in [-0.2, 0) is 57.9 Å². The molecule has 0 aromatic heterocycles. The second-order valence-corrected chi connectivity index (χ2v) is 63.7. The molecular formula is C72H82N2O14SSi11. The second-order valence-electron chi connectivity index (χ2n) is 26.8. The van der Waals surface area contributed by atoms with E-state index >= 15 is 0 Å². The molecule has 14 rings (SSSR count). The van der Waals surface area contributed by atoms with Gasteiger partial charge in [0.2, 0.25) is 0 Å². The molecular weight excluding hydrogens is 1460 g/mol. The minimum absolute atomic E-state index is 0.236. The van der Waals surface area contributed by atoms with Gasteiger partial charge in [-0.1, -0.05) is 312 Å². The van der Waals surface area contributed by atoms with E-state index in [-0.39, 0.29) is 5.25 Å². The molecule has 10 aromatic carbocycles. The van der Waals surface area contributed by atoms with Gasteiger partial charge in [-0.25, -0.2) is 0 Å². The highest BCUT2D eigenvalue weighted by atomic mass is 32.2. The van der Waals surface area contributed by atoms with Gasteiger partial charge in [0.1, 0.15) is 0 Å². The molecule has 0 saturated carbocycles. The standard InChI is InChI=1S/C72H82N2O14SSi11/c1-60(2)89-74(90(6,7)8)62-39-37-57-72(59-62)93(11)79-96(66-46-26-15-27-47-66)77-91(9,63-40-20-12-21-41-63)76-95(65-44-24-14-25-45-65)78-92(10,71-56-36-38-61(58-71)73(3)4)80-97(67-48-28-16-29-49-67)82-94(75-5,64-42-22-13-23-43-64)83-98(81-93,68-50-30-17-31-51-68)87-100(86-97,70-54-34-19-35-55-70)88-99(84-95,85-96)69-52-32-18-33-53-69/h12-60H,1-11H3. The number of anilines is 2. The van der Waals surface area contributed by atoms with Crippen molar-refractivity contribution in [3.63, 3.8) is 0 Å². The van der Waals surface area contributed by atoms with Crippen molar-refractivity contribution < 1.29 is 57.9 Å². The number of fused-ring (bicyclic) bond motifs is 4. The van der Waals surface area contributed by atoms with Crippen LogP contribution in [0, 0.1) is 0 Å². The van der Waals surface area contributed by atoms with Crippen molar-refractivity contribution in [1.29, 1.82) is 0 Å². The largest absolute Gasteiger partial charge is 0.522 e. The zero-order chi connectivity index (χ0) is 69.7. The molecule has 4 saturated heterocycles. The van der Waals surface area contributed by atoms with Gasteiger partial charge in [0.15, 0.2) is 8.24 Å². The van der Waals surface area contributed by atoms with Crippen molar-refractivity contribution in [2.24, 2.45) is 0 Å². The zero-order valence-corrected chi connectivity index (χ0v) is 69.6. The van der Waals surface area contributed by atoms with Gasteiger partial charge in [-0.2, -0.15) is 0 Å². The minimum Gasteiger partial charge on any atom is -0.387 e. The summed E-state index contributed by atoms with van der Waals surface area (Å²) in [7, 11) is -46.3. The van der Waals surface area contributed by atoms with Crippen LogP contribution >= 0.6 is 11.9 Å². The van der Waals surface area contributed by atoms with Crippen molar-refractivity contribution in [3.8, 4) is 0 Å². The Bertz CT molecular complexity index is 4470. The monoisotopic (exact) mass is 1540 g/mol. The number of benzene rings is 10. The van der Waals surface area contributed by atoms with E-state index in [2.05, 4.69) is 85.3 Å². The average Bonchev–Trinajstić information content (AvgIpc) is 0.685. The lowest BCUT2D eigenvalue weighted by molar-refractivity contribution is 0.0517. The van der Waals surface area contributed by atoms with E-state index in [0.29, 0.717) is 46.7 Å². The Labute approximate surface area is 603 Å². The molecule has 10 aromatic rings. The number of hydrogen-bond acceptors (Lipinski definition) is 17. The maximum Gasteiger partial charge on any atom is 0.522 e. The molecule has 4 fully saturated rings. The molecule has 16 nitrogen and oxygen atoms in total. The van der Waals surface area contributed by atoms with Gasteiger partial charge >= 0.3 is 87.3 Å². The van der Waals surface area contributed by atoms with Crippen molar-refractivity contribution in [2.45, 2.75) is 58.4 Å². The molecule has 0 spiro atoms. The summed E-state index contributed by atoms with van der Waals surface area (Å²) in [6.45, 7) is 17.6. The molecule has 4 aliphatic rings. The van der Waals surface area contributed by atoms with Crippen LogP contribution in [0.1, 0.15) is 13.8 Å². The first-order valence-corrected chi connectivity index (χ1v) is 56.8. The summed E-state index contributed by atoms with van der Waals surface area (Å²) in [6.07, 6.45) is 0. The van der Waals surface area contributed by atoms with Crippen LogP contribution in [0.4, 0.5) is 11.4 Å². The summed E-state index contributed by atoms with van der Waals surface area (Å²) in [5.74, 6) is 0. The highest BCUT2D eigenvalue weighted by molar-refractivity contribution is 8.03. The predicted octanol–water partition coefficient (Wildman–Crippen LogP) is 8.53. The molecule has 0 N–H and O–H groups in total. The molecule has 0 amide bonds. The van der Waals surface area contributed by atoms with Crippen LogP contribution in [0.2, 0.25) is 39.3 Å². The fraction of sp³-hybridized carbons (Fsp3) is 0.167. The van der Waals surface area contributed by atoms with E-state index in [0.717, 1.165) is 16.6 Å². The van der Waals surface area contributed by atoms with Crippen molar-refractivity contribution in [1.82, 2.24) is 0 Å². The van der Waals surface area contributed by atoms with E-state index in [4.69, 9.17) is 57.9 Å². The fourth-order valence-corrected chi connectivity index (χ4v) is 70.4. The first kappa shape index (κ1) is 71.0. The van der Waals surface area contributed by atoms with Crippen LogP contribution < -0.4 is 60.7 Å². The second kappa shape index (κ2) is 27.9. The van der Waals surface area contributed by atoms with E-state index in [9.17, 15) is 0 Å². The minimum atomic E-state index is -5.40. The lowest BCUT2D eigenvalue weighted by Gasteiger charge is -2.58. The quantitative estimate of drug-likeness (QED) is 0.0675. The molecule has 6 bridgehead atoms. The van der Waals surface area contributed by atoms with E-state index < -0.39 is 95.5 Å². The fourth-order valence-electron chi connectivity index (χ4n) is 13.0. The van der Waals surface area contributed by atoms with Gasteiger partial charge in [0.25, 0.3) is 0 Å². The van der Waals surface area contributed by atoms with Gasteiger partial charge in [0.05, 0.1) is 0 Å². The molecule has 10 atom stereocenters. The molecule has 100 heavy (non-hydrogen) atoms. The van der Waals surface area contributed by atoms with Crippen LogP contribution in [-0.4, -0.2) is 122 Å². The summed E-state index contributed by atoms with van der Waals surface area (Å²) in [5, 5.41) is 6.09. The van der Waals surface area contributed by atoms with Crippen LogP contribution in [0.15, 0.2) is 291 Å². The molecule has 10 unspecified atom stereocenters. The van der Waals surface area contributed by atoms with Gasteiger partial charge < -0.3 is 66.8 Å². The Morgan fingerprint density at radius 2 is 0.540 bits per heavy atom. The normalized spacial score (nSPS) is 30.0. The molecule has 4 aliphatic heterocycles. The first-order chi connectivity index (χ1) is 48.0. The molecule has 28 heteroatoms. The summed E-state index contributed by atoms with van der Waals surface area (Å²) in [5.41, 5.74) is 1.83.